The molecule has 10 atom stereocenters. The van der Waals surface area contributed by atoms with Crippen LogP contribution in [0.1, 0.15) is 63.6 Å². The van der Waals surface area contributed by atoms with Crippen molar-refractivity contribution in [3.63, 3.8) is 0 Å². The highest BCUT2D eigenvalue weighted by molar-refractivity contribution is 6.33. The molecule has 7 rings (SSSR count). The summed E-state index contributed by atoms with van der Waals surface area (Å²) in [7, 11) is 1.67. The average Bonchev–Trinajstić information content (AvgIpc) is 3.49. The molecule has 2 aromatic carbocycles. The number of rotatable bonds is 8. The number of esters is 2. The Labute approximate surface area is 330 Å². The third-order valence-corrected chi connectivity index (χ3v) is 13.2. The van der Waals surface area contributed by atoms with E-state index in [0.717, 1.165) is 32.1 Å². The van der Waals surface area contributed by atoms with Crippen LogP contribution in [0.5, 0.6) is 0 Å². The second kappa shape index (κ2) is 15.5. The smallest absolute Gasteiger partial charge is 0.416 e. The van der Waals surface area contributed by atoms with E-state index >= 15 is 0 Å². The SMILES string of the molecule is CC(=O)O[C@@H]1C(C)=C[C@@H]2[C@H](C(C)CN3CCN(Cc4cccc(C(F)(F)F)c4)CC3)CC[C@@H](C)[C@]2(O)[C@H]1OC(=O)[C@@H]1C[C@@]2(O)c3cccc(Cl)c3N(C)O[C@H]2N1. The number of para-hydroxylation sites is 1. The summed E-state index contributed by atoms with van der Waals surface area (Å²) in [6, 6.07) is 9.64. The molecule has 3 heterocycles. The van der Waals surface area contributed by atoms with E-state index in [1.165, 1.54) is 24.1 Å². The first-order valence-electron chi connectivity index (χ1n) is 19.5. The van der Waals surface area contributed by atoms with Crippen LogP contribution in [0, 0.1) is 23.7 Å². The Morgan fingerprint density at radius 2 is 1.77 bits per heavy atom. The lowest BCUT2D eigenvalue weighted by Crippen LogP contribution is -2.66. The first kappa shape index (κ1) is 40.9. The van der Waals surface area contributed by atoms with Crippen molar-refractivity contribution in [2.45, 2.75) is 95.4 Å². The maximum atomic E-state index is 14.2. The van der Waals surface area contributed by atoms with Crippen LogP contribution in [0.25, 0.3) is 0 Å². The molecule has 2 aliphatic carbocycles. The number of carbonyl (C=O) groups excluding carboxylic acids is 2. The zero-order valence-electron chi connectivity index (χ0n) is 32.4. The summed E-state index contributed by atoms with van der Waals surface area (Å²) in [4.78, 5) is 37.1. The van der Waals surface area contributed by atoms with Gasteiger partial charge in [0, 0.05) is 71.1 Å². The van der Waals surface area contributed by atoms with E-state index in [0.29, 0.717) is 53.5 Å². The number of aliphatic hydroxyl groups is 2. The first-order valence-corrected chi connectivity index (χ1v) is 19.8. The minimum Gasteiger partial charge on any atom is -0.454 e. The highest BCUT2D eigenvalue weighted by Gasteiger charge is 2.62. The van der Waals surface area contributed by atoms with Crippen molar-refractivity contribution in [2.75, 3.05) is 44.8 Å². The van der Waals surface area contributed by atoms with Crippen molar-refractivity contribution in [1.29, 1.82) is 0 Å². The van der Waals surface area contributed by atoms with Crippen molar-refractivity contribution in [2.24, 2.45) is 23.7 Å². The van der Waals surface area contributed by atoms with Gasteiger partial charge in [0.1, 0.15) is 17.2 Å². The van der Waals surface area contributed by atoms with E-state index in [9.17, 15) is 33.0 Å². The predicted octanol–water partition coefficient (Wildman–Crippen LogP) is 5.27. The summed E-state index contributed by atoms with van der Waals surface area (Å²) in [5.74, 6) is -1.89. The molecule has 2 saturated heterocycles. The van der Waals surface area contributed by atoms with Gasteiger partial charge < -0.3 is 24.6 Å². The van der Waals surface area contributed by atoms with Gasteiger partial charge in [0.25, 0.3) is 0 Å². The number of carbonyl (C=O) groups is 2. The fourth-order valence-corrected chi connectivity index (χ4v) is 10.2. The third kappa shape index (κ3) is 7.58. The van der Waals surface area contributed by atoms with E-state index in [2.05, 4.69) is 22.0 Å². The maximum Gasteiger partial charge on any atom is 0.416 e. The van der Waals surface area contributed by atoms with Crippen LogP contribution < -0.4 is 10.4 Å². The number of piperazine rings is 1. The molecule has 306 valence electrons. The van der Waals surface area contributed by atoms with Gasteiger partial charge in [0.15, 0.2) is 18.4 Å². The van der Waals surface area contributed by atoms with E-state index in [1.54, 1.807) is 31.3 Å². The molecule has 0 radical (unpaired) electrons. The largest absolute Gasteiger partial charge is 0.454 e. The van der Waals surface area contributed by atoms with Crippen LogP contribution in [0.4, 0.5) is 18.9 Å². The molecule has 0 amide bonds. The average molecular weight is 805 g/mol. The summed E-state index contributed by atoms with van der Waals surface area (Å²) in [5.41, 5.74) is -1.49. The van der Waals surface area contributed by atoms with E-state index in [4.69, 9.17) is 25.9 Å². The molecule has 1 saturated carbocycles. The number of halogens is 4. The van der Waals surface area contributed by atoms with Crippen LogP contribution in [0.3, 0.4) is 0 Å². The number of benzene rings is 2. The summed E-state index contributed by atoms with van der Waals surface area (Å²) in [6.45, 7) is 11.3. The number of hydroxylamine groups is 1. The molecule has 1 unspecified atom stereocenters. The predicted molar refractivity (Wildman–Crippen MR) is 202 cm³/mol. The van der Waals surface area contributed by atoms with Gasteiger partial charge in [0.2, 0.25) is 0 Å². The zero-order valence-corrected chi connectivity index (χ0v) is 33.1. The Bertz CT molecular complexity index is 1840. The van der Waals surface area contributed by atoms with Crippen molar-refractivity contribution in [1.82, 2.24) is 15.1 Å². The van der Waals surface area contributed by atoms with Gasteiger partial charge in [-0.1, -0.05) is 61.9 Å². The summed E-state index contributed by atoms with van der Waals surface area (Å²) in [6.07, 6.45) is -4.20. The van der Waals surface area contributed by atoms with Crippen LogP contribution in [-0.2, 0) is 42.2 Å². The summed E-state index contributed by atoms with van der Waals surface area (Å²) in [5, 5.41) is 29.8. The van der Waals surface area contributed by atoms with Crippen molar-refractivity contribution < 1.29 is 47.3 Å². The van der Waals surface area contributed by atoms with Gasteiger partial charge in [-0.05, 0) is 60.8 Å². The Kier molecular flexibility index (Phi) is 11.3. The molecule has 56 heavy (non-hydrogen) atoms. The molecule has 0 spiro atoms. The molecule has 3 N–H and O–H groups in total. The molecule has 15 heteroatoms. The normalized spacial score (nSPS) is 34.2. The number of nitrogens with one attached hydrogen (secondary N) is 1. The first-order chi connectivity index (χ1) is 26.4. The molecule has 3 aliphatic heterocycles. The summed E-state index contributed by atoms with van der Waals surface area (Å²) < 4.78 is 51.9. The molecular formula is C41H52ClF3N4O7. The van der Waals surface area contributed by atoms with Crippen LogP contribution in [0.15, 0.2) is 54.1 Å². The molecular weight excluding hydrogens is 753 g/mol. The van der Waals surface area contributed by atoms with E-state index in [-0.39, 0.29) is 24.2 Å². The van der Waals surface area contributed by atoms with Crippen molar-refractivity contribution in [3.8, 4) is 0 Å². The van der Waals surface area contributed by atoms with Crippen molar-refractivity contribution in [3.05, 3.63) is 75.8 Å². The number of hydrogen-bond acceptors (Lipinski definition) is 11. The highest BCUT2D eigenvalue weighted by Crippen LogP contribution is 2.53. The molecule has 3 fully saturated rings. The van der Waals surface area contributed by atoms with Crippen LogP contribution in [0.2, 0.25) is 5.02 Å². The quantitative estimate of drug-likeness (QED) is 0.239. The van der Waals surface area contributed by atoms with Gasteiger partial charge in [-0.3, -0.25) is 29.7 Å². The van der Waals surface area contributed by atoms with E-state index < -0.39 is 65.3 Å². The fraction of sp³-hybridized carbons (Fsp3) is 0.610. The minimum atomic E-state index is -4.38. The monoisotopic (exact) mass is 804 g/mol. The Balaban J connectivity index is 1.06. The van der Waals surface area contributed by atoms with E-state index in [1.807, 2.05) is 19.9 Å². The number of hydrogen-bond donors (Lipinski definition) is 3. The third-order valence-electron chi connectivity index (χ3n) is 12.9. The molecule has 0 aromatic heterocycles. The van der Waals surface area contributed by atoms with Gasteiger partial charge in [-0.15, -0.1) is 0 Å². The Morgan fingerprint density at radius 1 is 1.07 bits per heavy atom. The Hall–Kier alpha value is -3.24. The van der Waals surface area contributed by atoms with Gasteiger partial charge in [-0.2, -0.15) is 13.2 Å². The molecule has 5 aliphatic rings. The van der Waals surface area contributed by atoms with Crippen LogP contribution >= 0.6 is 11.6 Å². The number of nitrogens with zero attached hydrogens (tertiary/aromatic N) is 3. The molecule has 0 bridgehead atoms. The topological polar surface area (TPSA) is 124 Å². The highest BCUT2D eigenvalue weighted by atomic mass is 35.5. The lowest BCUT2D eigenvalue weighted by Gasteiger charge is -2.56. The number of ether oxygens (including phenoxy) is 2. The van der Waals surface area contributed by atoms with Gasteiger partial charge in [0.05, 0.1) is 16.3 Å². The maximum absolute atomic E-state index is 14.2. The second-order valence-electron chi connectivity index (χ2n) is 16.6. The van der Waals surface area contributed by atoms with Crippen LogP contribution in [-0.4, -0.2) is 102 Å². The lowest BCUT2D eigenvalue weighted by molar-refractivity contribution is -0.225. The fourth-order valence-electron chi connectivity index (χ4n) is 9.94. The number of alkyl halides is 3. The molecule has 2 aromatic rings. The standard InChI is InChI=1S/C41H52ClF3N4O7/c1-23-18-31-29(24(2)21-48-14-16-49(17-15-48)22-27-8-6-9-28(19-27)41(43,44)45)13-12-25(3)40(31,53)36(35(23)54-26(4)50)55-37(51)33-20-39(52)30-10-7-11-32(42)34(30)47(5)56-38(39)46-33/h6-11,18-19,24-25,29,31,33,35-36,38,46,52-53H,12-17,20-22H2,1-5H3/t24?,25-,29+,31-,33+,35-,36+,38-,39-,40-/m1/s1. The zero-order chi connectivity index (χ0) is 40.3. The Morgan fingerprint density at radius 3 is 2.46 bits per heavy atom. The van der Waals surface area contributed by atoms with Gasteiger partial charge in [-0.25, -0.2) is 0 Å². The lowest BCUT2D eigenvalue weighted by atomic mass is 9.55. The minimum absolute atomic E-state index is 0.00661. The summed E-state index contributed by atoms with van der Waals surface area (Å²) >= 11 is 6.47. The van der Waals surface area contributed by atoms with Gasteiger partial charge >= 0.3 is 18.1 Å². The second-order valence-corrected chi connectivity index (χ2v) is 17.0. The number of anilines is 1. The number of fused-ring (bicyclic) bond motifs is 4. The van der Waals surface area contributed by atoms with Crippen molar-refractivity contribution >= 4 is 29.2 Å². The molecule has 11 nitrogen and oxygen atoms in total.